The Bertz CT molecular complexity index is 368. The van der Waals surface area contributed by atoms with E-state index in [4.69, 9.17) is 13.6 Å². The van der Waals surface area contributed by atoms with Gasteiger partial charge >= 0.3 is 16.0 Å². The smallest absolute Gasteiger partial charge is 0.369 e. The van der Waals surface area contributed by atoms with E-state index in [0.29, 0.717) is 12.2 Å². The Balaban J connectivity index is 2.73. The minimum atomic E-state index is -1.59. The number of hydrogen-bond acceptors (Lipinski definition) is 4. The van der Waals surface area contributed by atoms with E-state index in [-0.39, 0.29) is 11.2 Å². The number of rotatable bonds is 7. The van der Waals surface area contributed by atoms with Crippen molar-refractivity contribution >= 4 is 24.0 Å². The zero-order valence-electron chi connectivity index (χ0n) is 14.2. The Morgan fingerprint density at radius 2 is 2.10 bits per heavy atom. The molecule has 0 saturated carbocycles. The van der Waals surface area contributed by atoms with E-state index in [0.717, 1.165) is 32.3 Å². The van der Waals surface area contributed by atoms with Gasteiger partial charge in [-0.1, -0.05) is 26.6 Å². The number of carbonyl (C=O) groups excluding carboxylic acids is 1. The molecule has 1 heterocycles. The fourth-order valence-electron chi connectivity index (χ4n) is 2.56. The van der Waals surface area contributed by atoms with Crippen molar-refractivity contribution in [2.24, 2.45) is 0 Å². The van der Waals surface area contributed by atoms with E-state index in [1.54, 1.807) is 0 Å². The van der Waals surface area contributed by atoms with Gasteiger partial charge in [-0.2, -0.15) is 0 Å². The van der Waals surface area contributed by atoms with Crippen LogP contribution in [0.5, 0.6) is 0 Å². The van der Waals surface area contributed by atoms with E-state index in [1.165, 1.54) is 0 Å². The molecule has 1 rings (SSSR count). The van der Waals surface area contributed by atoms with Crippen LogP contribution in [0.3, 0.4) is 0 Å². The normalized spacial score (nSPS) is 24.5. The van der Waals surface area contributed by atoms with Crippen molar-refractivity contribution in [1.82, 2.24) is 0 Å². The molecule has 1 fully saturated rings. The monoisotopic (exact) mass is 330 g/mol. The predicted molar refractivity (Wildman–Crippen MR) is 90.5 cm³/mol. The van der Waals surface area contributed by atoms with Gasteiger partial charge in [0.05, 0.1) is 13.3 Å². The Morgan fingerprint density at radius 3 is 2.62 bits per heavy atom. The second-order valence-corrected chi connectivity index (χ2v) is 13.0. The lowest BCUT2D eigenvalue weighted by atomic mass is 10.1. The highest BCUT2D eigenvalue weighted by Gasteiger charge is 2.44. The second kappa shape index (κ2) is 8.26. The molecule has 1 aliphatic heterocycles. The Morgan fingerprint density at radius 1 is 1.38 bits per heavy atom. The van der Waals surface area contributed by atoms with Crippen LogP contribution in [-0.2, 0) is 18.4 Å². The maximum Gasteiger partial charge on any atom is 0.369 e. The Kier molecular flexibility index (Phi) is 7.32. The molecule has 0 aromatic carbocycles. The summed E-state index contributed by atoms with van der Waals surface area (Å²) in [6.07, 6.45) is 6.27. The molecule has 1 saturated heterocycles. The summed E-state index contributed by atoms with van der Waals surface area (Å²) in [6, 6.07) is 0. The van der Waals surface area contributed by atoms with E-state index >= 15 is 0 Å². The highest BCUT2D eigenvalue weighted by Crippen LogP contribution is 2.36. The molecule has 122 valence electrons. The first kappa shape index (κ1) is 18.6. The molecular formula is C15H30O4Si2. The first-order chi connectivity index (χ1) is 9.82. The molecule has 0 N–H and O–H groups in total. The van der Waals surface area contributed by atoms with Crippen molar-refractivity contribution in [2.75, 3.05) is 13.2 Å². The zero-order valence-corrected chi connectivity index (χ0v) is 16.6. The highest BCUT2D eigenvalue weighted by atomic mass is 28.3. The second-order valence-electron chi connectivity index (χ2n) is 6.73. The molecule has 4 nitrogen and oxygen atoms in total. The van der Waals surface area contributed by atoms with E-state index < -0.39 is 18.1 Å². The molecule has 0 aromatic heterocycles. The Labute approximate surface area is 132 Å². The van der Waals surface area contributed by atoms with Gasteiger partial charge in [0.25, 0.3) is 0 Å². The fraction of sp³-hybridized carbons (Fsp3) is 0.800. The highest BCUT2D eigenvalue weighted by molar-refractivity contribution is 6.79. The lowest BCUT2D eigenvalue weighted by Gasteiger charge is -2.44. The fourth-order valence-corrected chi connectivity index (χ4v) is 5.49. The van der Waals surface area contributed by atoms with Crippen LogP contribution >= 0.6 is 0 Å². The van der Waals surface area contributed by atoms with Crippen molar-refractivity contribution < 1.29 is 18.4 Å². The summed E-state index contributed by atoms with van der Waals surface area (Å²) in [7, 11) is -2.79. The summed E-state index contributed by atoms with van der Waals surface area (Å²) in [6.45, 7) is 12.2. The lowest BCUT2D eigenvalue weighted by Crippen LogP contribution is -2.54. The molecule has 0 bridgehead atoms. The SMILES string of the molecule is CCCO[SiH2]OC(=O)C(C)=CC1([Si](C)(C)C)CCCCO1. The first-order valence-corrected chi connectivity index (χ1v) is 12.6. The van der Waals surface area contributed by atoms with Crippen molar-refractivity contribution in [1.29, 1.82) is 0 Å². The molecule has 6 heteroatoms. The van der Waals surface area contributed by atoms with Crippen LogP contribution < -0.4 is 0 Å². The molecule has 1 unspecified atom stereocenters. The number of ether oxygens (including phenoxy) is 1. The zero-order chi connectivity index (χ0) is 15.9. The van der Waals surface area contributed by atoms with Gasteiger partial charge in [0, 0.05) is 18.8 Å². The Hall–Kier alpha value is -0.436. The summed E-state index contributed by atoms with van der Waals surface area (Å²) >= 11 is 0. The molecule has 0 aliphatic carbocycles. The maximum atomic E-state index is 12.1. The molecule has 0 radical (unpaired) electrons. The van der Waals surface area contributed by atoms with Crippen molar-refractivity contribution in [3.8, 4) is 0 Å². The van der Waals surface area contributed by atoms with Crippen LogP contribution in [0, 0.1) is 0 Å². The molecule has 1 aliphatic rings. The third-order valence-electron chi connectivity index (χ3n) is 3.97. The van der Waals surface area contributed by atoms with Gasteiger partial charge in [0.1, 0.15) is 0 Å². The van der Waals surface area contributed by atoms with Gasteiger partial charge in [0.15, 0.2) is 0 Å². The van der Waals surface area contributed by atoms with Crippen LogP contribution in [0.25, 0.3) is 0 Å². The standard InChI is InChI=1S/C15H30O4Si2/c1-6-10-18-20-19-14(16)13(2)12-15(21(3,4)5)9-7-8-11-17-15/h12H,6-11,20H2,1-5H3. The van der Waals surface area contributed by atoms with Crippen LogP contribution in [0.2, 0.25) is 19.6 Å². The summed E-state index contributed by atoms with van der Waals surface area (Å²) < 4.78 is 16.8. The van der Waals surface area contributed by atoms with Crippen LogP contribution in [-0.4, -0.2) is 42.5 Å². The molecule has 1 atom stereocenters. The van der Waals surface area contributed by atoms with Crippen molar-refractivity contribution in [3.05, 3.63) is 11.6 Å². The molecule has 0 aromatic rings. The average molecular weight is 331 g/mol. The topological polar surface area (TPSA) is 44.8 Å². The molecule has 0 amide bonds. The largest absolute Gasteiger partial charge is 0.496 e. The third kappa shape index (κ3) is 5.36. The van der Waals surface area contributed by atoms with Gasteiger partial charge in [-0.3, -0.25) is 0 Å². The molecular weight excluding hydrogens is 300 g/mol. The van der Waals surface area contributed by atoms with Gasteiger partial charge in [0.2, 0.25) is 0 Å². The van der Waals surface area contributed by atoms with Crippen LogP contribution in [0.1, 0.15) is 39.5 Å². The van der Waals surface area contributed by atoms with Crippen molar-refractivity contribution in [2.45, 2.75) is 64.4 Å². The first-order valence-electron chi connectivity index (χ1n) is 7.91. The minimum Gasteiger partial charge on any atom is -0.496 e. The van der Waals surface area contributed by atoms with Crippen LogP contribution in [0.15, 0.2) is 11.6 Å². The quantitative estimate of drug-likeness (QED) is 0.409. The average Bonchev–Trinajstić information content (AvgIpc) is 2.43. The number of carbonyl (C=O) groups is 1. The minimum absolute atomic E-state index is 0.236. The predicted octanol–water partition coefficient (Wildman–Crippen LogP) is 2.72. The van der Waals surface area contributed by atoms with E-state index in [2.05, 4.69) is 19.6 Å². The van der Waals surface area contributed by atoms with Gasteiger partial charge in [-0.25, -0.2) is 4.79 Å². The summed E-state index contributed by atoms with van der Waals surface area (Å²) in [5.41, 5.74) is 0.659. The van der Waals surface area contributed by atoms with Crippen LogP contribution in [0.4, 0.5) is 0 Å². The van der Waals surface area contributed by atoms with Gasteiger partial charge < -0.3 is 13.6 Å². The van der Waals surface area contributed by atoms with E-state index in [9.17, 15) is 4.79 Å². The number of hydrogen-bond donors (Lipinski definition) is 0. The van der Waals surface area contributed by atoms with Gasteiger partial charge in [-0.15, -0.1) is 0 Å². The summed E-state index contributed by atoms with van der Waals surface area (Å²) in [5.74, 6) is -0.246. The van der Waals surface area contributed by atoms with Gasteiger partial charge in [-0.05, 0) is 38.7 Å². The summed E-state index contributed by atoms with van der Waals surface area (Å²) in [5, 5.41) is -0.236. The molecule has 0 spiro atoms. The van der Waals surface area contributed by atoms with E-state index in [1.807, 2.05) is 19.9 Å². The van der Waals surface area contributed by atoms with Crippen molar-refractivity contribution in [3.63, 3.8) is 0 Å². The maximum absolute atomic E-state index is 12.1. The third-order valence-corrected chi connectivity index (χ3v) is 7.88. The summed E-state index contributed by atoms with van der Waals surface area (Å²) in [4.78, 5) is 12.1. The lowest BCUT2D eigenvalue weighted by molar-refractivity contribution is -0.131. The molecule has 21 heavy (non-hydrogen) atoms.